The van der Waals surface area contributed by atoms with E-state index in [1.54, 1.807) is 0 Å². The number of aromatic nitrogens is 2. The minimum atomic E-state index is -1.00. The van der Waals surface area contributed by atoms with Crippen molar-refractivity contribution in [3.05, 3.63) is 33.1 Å². The lowest BCUT2D eigenvalue weighted by Gasteiger charge is -2.29. The van der Waals surface area contributed by atoms with E-state index in [0.717, 1.165) is 0 Å². The number of nitrogens with zero attached hydrogens (tertiary/aromatic N) is 1. The first-order valence-electron chi connectivity index (χ1n) is 5.47. The van der Waals surface area contributed by atoms with Crippen molar-refractivity contribution in [1.82, 2.24) is 9.55 Å². The average Bonchev–Trinajstić information content (AvgIpc) is 2.81. The number of thioether (sulfide) groups is 1. The van der Waals surface area contributed by atoms with Crippen molar-refractivity contribution < 1.29 is 14.9 Å². The van der Waals surface area contributed by atoms with Crippen molar-refractivity contribution in [2.45, 2.75) is 23.2 Å². The van der Waals surface area contributed by atoms with Gasteiger partial charge >= 0.3 is 5.69 Å². The van der Waals surface area contributed by atoms with Crippen molar-refractivity contribution >= 4 is 11.8 Å². The predicted molar refractivity (Wildman–Crippen MR) is 63.5 cm³/mol. The Labute approximate surface area is 105 Å². The highest BCUT2D eigenvalue weighted by atomic mass is 32.2. The molecule has 0 radical (unpaired) electrons. The summed E-state index contributed by atoms with van der Waals surface area (Å²) >= 11 is 1.45. The minimum Gasteiger partial charge on any atom is -0.393 e. The molecule has 2 bridgehead atoms. The van der Waals surface area contributed by atoms with E-state index < -0.39 is 29.2 Å². The van der Waals surface area contributed by atoms with Gasteiger partial charge in [0.25, 0.3) is 5.56 Å². The number of hydrogen-bond donors (Lipinski definition) is 3. The molecule has 18 heavy (non-hydrogen) atoms. The molecule has 3 N–H and O–H groups in total. The number of aromatic amines is 1. The third-order valence-corrected chi connectivity index (χ3v) is 4.93. The summed E-state index contributed by atoms with van der Waals surface area (Å²) in [5.41, 5.74) is -2.07. The van der Waals surface area contributed by atoms with E-state index in [0.29, 0.717) is 5.75 Å². The number of nitrogens with one attached hydrogen (secondary N) is 1. The summed E-state index contributed by atoms with van der Waals surface area (Å²) in [7, 11) is 0. The largest absolute Gasteiger partial charge is 0.393 e. The Bertz CT molecular complexity index is 584. The topological polar surface area (TPSA) is 105 Å². The van der Waals surface area contributed by atoms with Gasteiger partial charge in [0, 0.05) is 18.0 Å². The van der Waals surface area contributed by atoms with Crippen LogP contribution in [0.2, 0.25) is 0 Å². The maximum atomic E-state index is 11.7. The Morgan fingerprint density at radius 3 is 3.00 bits per heavy atom. The predicted octanol–water partition coefficient (Wildman–Crippen LogP) is -1.73. The van der Waals surface area contributed by atoms with Gasteiger partial charge in [0.05, 0.1) is 11.9 Å². The fourth-order valence-corrected chi connectivity index (χ4v) is 3.97. The molecule has 0 unspecified atom stereocenters. The second-order valence-electron chi connectivity index (χ2n) is 4.47. The van der Waals surface area contributed by atoms with Crippen LogP contribution in [-0.2, 0) is 4.74 Å². The van der Waals surface area contributed by atoms with Crippen molar-refractivity contribution in [1.29, 1.82) is 0 Å². The Balaban J connectivity index is 2.01. The summed E-state index contributed by atoms with van der Waals surface area (Å²) in [4.78, 5) is 24.8. The average molecular weight is 272 g/mol. The van der Waals surface area contributed by atoms with Gasteiger partial charge in [0.15, 0.2) is 6.23 Å². The first kappa shape index (κ1) is 12.0. The molecule has 3 heterocycles. The Kier molecular flexibility index (Phi) is 2.63. The Morgan fingerprint density at radius 1 is 1.61 bits per heavy atom. The molecule has 3 rings (SSSR count). The highest BCUT2D eigenvalue weighted by Crippen LogP contribution is 2.51. The molecule has 4 atom stereocenters. The van der Waals surface area contributed by atoms with E-state index in [-0.39, 0.29) is 11.9 Å². The fraction of sp³-hybridized carbons (Fsp3) is 0.600. The zero-order valence-corrected chi connectivity index (χ0v) is 10.1. The lowest BCUT2D eigenvalue weighted by molar-refractivity contribution is -0.114. The van der Waals surface area contributed by atoms with Gasteiger partial charge in [-0.1, -0.05) is 0 Å². The van der Waals surface area contributed by atoms with Crippen molar-refractivity contribution in [3.63, 3.8) is 0 Å². The highest BCUT2D eigenvalue weighted by Gasteiger charge is 2.60. The van der Waals surface area contributed by atoms with Gasteiger partial charge in [-0.2, -0.15) is 0 Å². The number of H-pyrrole nitrogens is 1. The number of aliphatic hydroxyl groups excluding tert-OH is 2. The molecule has 1 aromatic heterocycles. The maximum Gasteiger partial charge on any atom is 0.330 e. The molecule has 0 aliphatic carbocycles. The van der Waals surface area contributed by atoms with E-state index in [1.165, 1.54) is 28.6 Å². The summed E-state index contributed by atoms with van der Waals surface area (Å²) in [6.07, 6.45) is -0.156. The third-order valence-electron chi connectivity index (χ3n) is 3.40. The first-order chi connectivity index (χ1) is 8.57. The van der Waals surface area contributed by atoms with Crippen LogP contribution in [0, 0.1) is 0 Å². The molecule has 8 heteroatoms. The van der Waals surface area contributed by atoms with Crippen LogP contribution in [0.4, 0.5) is 0 Å². The molecular formula is C10H12N2O5S. The Hall–Kier alpha value is -1.09. The number of aliphatic hydroxyl groups is 2. The molecule has 0 saturated carbocycles. The monoisotopic (exact) mass is 272 g/mol. The lowest BCUT2D eigenvalue weighted by Crippen LogP contribution is -2.43. The number of ether oxygens (including phenoxy) is 1. The molecule has 2 aliphatic rings. The number of hydrogen-bond acceptors (Lipinski definition) is 6. The molecule has 1 aromatic rings. The van der Waals surface area contributed by atoms with Gasteiger partial charge < -0.3 is 14.9 Å². The van der Waals surface area contributed by atoms with Gasteiger partial charge in [-0.15, -0.1) is 11.8 Å². The van der Waals surface area contributed by atoms with Crippen LogP contribution < -0.4 is 11.2 Å². The first-order valence-corrected chi connectivity index (χ1v) is 6.52. The summed E-state index contributed by atoms with van der Waals surface area (Å²) in [6, 6.07) is 1.22. The van der Waals surface area contributed by atoms with Crippen LogP contribution in [-0.4, -0.2) is 49.1 Å². The second kappa shape index (κ2) is 3.95. The van der Waals surface area contributed by atoms with E-state index in [9.17, 15) is 19.8 Å². The van der Waals surface area contributed by atoms with Crippen LogP contribution in [0.25, 0.3) is 0 Å². The maximum absolute atomic E-state index is 11.7. The number of rotatable bonds is 2. The van der Waals surface area contributed by atoms with Crippen LogP contribution in [0.1, 0.15) is 6.23 Å². The van der Waals surface area contributed by atoms with Gasteiger partial charge in [0.2, 0.25) is 0 Å². The summed E-state index contributed by atoms with van der Waals surface area (Å²) in [5.74, 6) is 0.490. The molecule has 2 saturated heterocycles. The standard InChI is InChI=1S/C10H12N2O5S/c13-3-10-4-18-6(7(10)15)8(17-10)12-2-1-5(14)11-9(12)16/h1-2,6-8,13,15H,3-4H2,(H,11,14,16)/t6-,7+,8-,10+/m1/s1. The van der Waals surface area contributed by atoms with Gasteiger partial charge in [-0.3, -0.25) is 14.3 Å². The SMILES string of the molecule is O=c1ccn([C@@H]2O[C@@]3(CO)CS[C@@H]2[C@@H]3O)c(=O)[nH]1. The van der Waals surface area contributed by atoms with Gasteiger partial charge in [-0.25, -0.2) is 4.79 Å². The summed E-state index contributed by atoms with van der Waals surface area (Å²) in [5, 5.41) is 19.1. The fourth-order valence-electron chi connectivity index (χ4n) is 2.38. The third kappa shape index (κ3) is 1.50. The van der Waals surface area contributed by atoms with Crippen LogP contribution in [0.5, 0.6) is 0 Å². The van der Waals surface area contributed by atoms with E-state index in [4.69, 9.17) is 4.74 Å². The molecule has 0 spiro atoms. The minimum absolute atomic E-state index is 0.299. The van der Waals surface area contributed by atoms with Crippen LogP contribution in [0.3, 0.4) is 0 Å². The smallest absolute Gasteiger partial charge is 0.330 e. The quantitative estimate of drug-likeness (QED) is 0.591. The highest BCUT2D eigenvalue weighted by molar-refractivity contribution is 8.00. The zero-order valence-electron chi connectivity index (χ0n) is 9.28. The molecule has 98 valence electrons. The molecule has 0 aromatic carbocycles. The normalized spacial score (nSPS) is 38.2. The summed E-state index contributed by atoms with van der Waals surface area (Å²) < 4.78 is 6.87. The van der Waals surface area contributed by atoms with Crippen molar-refractivity contribution in [3.8, 4) is 0 Å². The van der Waals surface area contributed by atoms with Gasteiger partial charge in [-0.05, 0) is 0 Å². The summed E-state index contributed by atoms with van der Waals surface area (Å²) in [6.45, 7) is -0.299. The molecule has 2 fully saturated rings. The lowest BCUT2D eigenvalue weighted by atomic mass is 10.0. The van der Waals surface area contributed by atoms with Crippen LogP contribution in [0.15, 0.2) is 21.9 Å². The second-order valence-corrected chi connectivity index (χ2v) is 5.64. The molecule has 2 aliphatic heterocycles. The molecule has 7 nitrogen and oxygen atoms in total. The zero-order chi connectivity index (χ0) is 12.9. The van der Waals surface area contributed by atoms with Crippen LogP contribution >= 0.6 is 11.8 Å². The van der Waals surface area contributed by atoms with E-state index in [1.807, 2.05) is 0 Å². The van der Waals surface area contributed by atoms with E-state index >= 15 is 0 Å². The molecular weight excluding hydrogens is 260 g/mol. The van der Waals surface area contributed by atoms with E-state index in [2.05, 4.69) is 4.98 Å². The number of fused-ring (bicyclic) bond motifs is 2. The van der Waals surface area contributed by atoms with Crippen molar-refractivity contribution in [2.75, 3.05) is 12.4 Å². The molecule has 0 amide bonds. The van der Waals surface area contributed by atoms with Gasteiger partial charge in [0.1, 0.15) is 11.7 Å². The van der Waals surface area contributed by atoms with Crippen molar-refractivity contribution in [2.24, 2.45) is 0 Å². The Morgan fingerprint density at radius 2 is 2.39 bits per heavy atom.